The van der Waals surface area contributed by atoms with Gasteiger partial charge in [0.15, 0.2) is 0 Å². The molecule has 7 nitrogen and oxygen atoms in total. The first-order chi connectivity index (χ1) is 15.3. The minimum atomic E-state index is -3.64. The minimum Gasteiger partial charge on any atom is -0.340 e. The molecular weight excluding hydrogens is 450 g/mol. The SMILES string of the molecule is CC(=O)N1C=Cc2ccccc2C1CC(=O)N1CCN(S(=O)(=O)c2ccc(Cl)cc2)CC1. The quantitative estimate of drug-likeness (QED) is 0.683. The summed E-state index contributed by atoms with van der Waals surface area (Å²) in [5.41, 5.74) is 1.92. The van der Waals surface area contributed by atoms with Crippen molar-refractivity contribution in [2.75, 3.05) is 26.2 Å². The first kappa shape index (κ1) is 22.5. The molecular formula is C23H24ClN3O4S. The number of halogens is 1. The number of fused-ring (bicyclic) bond motifs is 1. The van der Waals surface area contributed by atoms with Gasteiger partial charge in [-0.2, -0.15) is 4.31 Å². The Morgan fingerprint density at radius 1 is 1.00 bits per heavy atom. The Morgan fingerprint density at radius 3 is 2.31 bits per heavy atom. The standard InChI is InChI=1S/C23H24ClN3O4S/c1-17(28)27-11-10-18-4-2-3-5-21(18)22(27)16-23(29)25-12-14-26(15-13-25)32(30,31)20-8-6-19(24)7-9-20/h2-11,22H,12-16H2,1H3. The Balaban J connectivity index is 1.44. The van der Waals surface area contributed by atoms with Crippen molar-refractivity contribution in [2.45, 2.75) is 24.3 Å². The van der Waals surface area contributed by atoms with Crippen LogP contribution in [0.25, 0.3) is 6.08 Å². The van der Waals surface area contributed by atoms with Crippen molar-refractivity contribution >= 4 is 39.5 Å². The van der Waals surface area contributed by atoms with E-state index in [1.54, 1.807) is 28.1 Å². The van der Waals surface area contributed by atoms with Gasteiger partial charge in [-0.3, -0.25) is 9.59 Å². The van der Waals surface area contributed by atoms with Crippen molar-refractivity contribution in [2.24, 2.45) is 0 Å². The van der Waals surface area contributed by atoms with E-state index < -0.39 is 10.0 Å². The number of nitrogens with zero attached hydrogens (tertiary/aromatic N) is 3. The van der Waals surface area contributed by atoms with Gasteiger partial charge >= 0.3 is 0 Å². The second-order valence-electron chi connectivity index (χ2n) is 7.83. The van der Waals surface area contributed by atoms with E-state index in [4.69, 9.17) is 11.6 Å². The topological polar surface area (TPSA) is 78.0 Å². The van der Waals surface area contributed by atoms with Gasteiger partial charge in [0.2, 0.25) is 21.8 Å². The molecule has 0 radical (unpaired) electrons. The third-order valence-electron chi connectivity index (χ3n) is 5.88. The number of carbonyl (C=O) groups excluding carboxylic acids is 2. The molecule has 1 unspecified atom stereocenters. The molecule has 4 rings (SSSR count). The van der Waals surface area contributed by atoms with Gasteiger partial charge in [-0.15, -0.1) is 0 Å². The molecule has 2 aromatic rings. The molecule has 0 bridgehead atoms. The fourth-order valence-corrected chi connectivity index (χ4v) is 5.69. The van der Waals surface area contributed by atoms with Gasteiger partial charge in [-0.05, 0) is 41.5 Å². The van der Waals surface area contributed by atoms with Crippen molar-refractivity contribution in [1.29, 1.82) is 0 Å². The van der Waals surface area contributed by atoms with Crippen LogP contribution in [0.1, 0.15) is 30.5 Å². The number of sulfonamides is 1. The molecule has 0 spiro atoms. The highest BCUT2D eigenvalue weighted by Gasteiger charge is 2.33. The molecule has 1 atom stereocenters. The molecule has 2 amide bonds. The first-order valence-corrected chi connectivity index (χ1v) is 12.2. The predicted octanol–water partition coefficient (Wildman–Crippen LogP) is 3.14. The average Bonchev–Trinajstić information content (AvgIpc) is 2.79. The number of hydrogen-bond acceptors (Lipinski definition) is 4. The molecule has 2 aliphatic heterocycles. The van der Waals surface area contributed by atoms with Crippen LogP contribution in [-0.2, 0) is 19.6 Å². The summed E-state index contributed by atoms with van der Waals surface area (Å²) >= 11 is 5.86. The number of rotatable bonds is 4. The van der Waals surface area contributed by atoms with Crippen LogP contribution in [0.5, 0.6) is 0 Å². The number of amides is 2. The zero-order valence-corrected chi connectivity index (χ0v) is 19.2. The lowest BCUT2D eigenvalue weighted by molar-refractivity contribution is -0.135. The van der Waals surface area contributed by atoms with E-state index >= 15 is 0 Å². The molecule has 32 heavy (non-hydrogen) atoms. The van der Waals surface area contributed by atoms with Crippen LogP contribution in [0.3, 0.4) is 0 Å². The molecule has 2 aromatic carbocycles. The fraction of sp³-hybridized carbons (Fsp3) is 0.304. The van der Waals surface area contributed by atoms with Crippen molar-refractivity contribution in [3.8, 4) is 0 Å². The maximum Gasteiger partial charge on any atom is 0.243 e. The van der Waals surface area contributed by atoms with Crippen LogP contribution in [0.15, 0.2) is 59.6 Å². The van der Waals surface area contributed by atoms with Gasteiger partial charge in [-0.1, -0.05) is 35.9 Å². The molecule has 9 heteroatoms. The maximum atomic E-state index is 13.1. The average molecular weight is 474 g/mol. The molecule has 1 fully saturated rings. The van der Waals surface area contributed by atoms with Gasteiger partial charge in [0, 0.05) is 44.3 Å². The maximum absolute atomic E-state index is 13.1. The smallest absolute Gasteiger partial charge is 0.243 e. The third kappa shape index (κ3) is 4.44. The van der Waals surface area contributed by atoms with Crippen molar-refractivity contribution in [1.82, 2.24) is 14.1 Å². The van der Waals surface area contributed by atoms with Gasteiger partial charge in [0.05, 0.1) is 17.4 Å². The summed E-state index contributed by atoms with van der Waals surface area (Å²) in [4.78, 5) is 28.7. The third-order valence-corrected chi connectivity index (χ3v) is 8.04. The van der Waals surface area contributed by atoms with E-state index in [-0.39, 0.29) is 42.3 Å². The molecule has 0 aliphatic carbocycles. The van der Waals surface area contributed by atoms with Crippen LogP contribution in [-0.4, -0.2) is 60.5 Å². The van der Waals surface area contributed by atoms with Crippen LogP contribution >= 0.6 is 11.6 Å². The largest absolute Gasteiger partial charge is 0.340 e. The summed E-state index contributed by atoms with van der Waals surface area (Å²) < 4.78 is 27.1. The Bertz CT molecular complexity index is 1160. The van der Waals surface area contributed by atoms with E-state index in [9.17, 15) is 18.0 Å². The predicted molar refractivity (Wildman–Crippen MR) is 122 cm³/mol. The summed E-state index contributed by atoms with van der Waals surface area (Å²) in [6.07, 6.45) is 3.74. The highest BCUT2D eigenvalue weighted by Crippen LogP contribution is 2.33. The lowest BCUT2D eigenvalue weighted by atomic mass is 9.93. The molecule has 2 heterocycles. The van der Waals surface area contributed by atoms with Crippen LogP contribution in [0.4, 0.5) is 0 Å². The summed E-state index contributed by atoms with van der Waals surface area (Å²) in [6, 6.07) is 13.4. The van der Waals surface area contributed by atoms with E-state index in [0.29, 0.717) is 18.1 Å². The van der Waals surface area contributed by atoms with Gasteiger partial charge in [0.25, 0.3) is 0 Å². The van der Waals surface area contributed by atoms with Gasteiger partial charge in [-0.25, -0.2) is 8.42 Å². The zero-order valence-electron chi connectivity index (χ0n) is 17.6. The van der Waals surface area contributed by atoms with Crippen molar-refractivity contribution < 1.29 is 18.0 Å². The Morgan fingerprint density at radius 2 is 1.66 bits per heavy atom. The van der Waals surface area contributed by atoms with Crippen molar-refractivity contribution in [3.63, 3.8) is 0 Å². The van der Waals surface area contributed by atoms with E-state index in [1.165, 1.54) is 23.4 Å². The number of piperazine rings is 1. The molecule has 2 aliphatic rings. The summed E-state index contributed by atoms with van der Waals surface area (Å²) in [5.74, 6) is -0.234. The monoisotopic (exact) mass is 473 g/mol. The van der Waals surface area contributed by atoms with Crippen molar-refractivity contribution in [3.05, 3.63) is 70.9 Å². The Labute approximate surface area is 192 Å². The minimum absolute atomic E-state index is 0.102. The number of benzene rings is 2. The van der Waals surface area contributed by atoms with Gasteiger partial charge in [0.1, 0.15) is 0 Å². The Kier molecular flexibility index (Phi) is 6.37. The molecule has 0 N–H and O–H groups in total. The van der Waals surface area contributed by atoms with Crippen LogP contribution < -0.4 is 0 Å². The number of hydrogen-bond donors (Lipinski definition) is 0. The summed E-state index contributed by atoms with van der Waals surface area (Å²) in [7, 11) is -3.64. The zero-order chi connectivity index (χ0) is 22.9. The Hall–Kier alpha value is -2.68. The highest BCUT2D eigenvalue weighted by molar-refractivity contribution is 7.89. The normalized spacial score (nSPS) is 19.0. The highest BCUT2D eigenvalue weighted by atomic mass is 35.5. The molecule has 0 saturated carbocycles. The van der Waals surface area contributed by atoms with E-state index in [0.717, 1.165) is 11.1 Å². The second kappa shape index (κ2) is 9.05. The van der Waals surface area contributed by atoms with E-state index in [2.05, 4.69) is 0 Å². The number of carbonyl (C=O) groups is 2. The molecule has 0 aromatic heterocycles. The lowest BCUT2D eigenvalue weighted by Crippen LogP contribution is -2.51. The lowest BCUT2D eigenvalue weighted by Gasteiger charge is -2.37. The molecule has 1 saturated heterocycles. The van der Waals surface area contributed by atoms with Gasteiger partial charge < -0.3 is 9.80 Å². The molecule has 168 valence electrons. The van der Waals surface area contributed by atoms with Crippen LogP contribution in [0.2, 0.25) is 5.02 Å². The summed E-state index contributed by atoms with van der Waals surface area (Å²) in [5, 5.41) is 0.470. The van der Waals surface area contributed by atoms with E-state index in [1.807, 2.05) is 30.3 Å². The second-order valence-corrected chi connectivity index (χ2v) is 10.2. The fourth-order valence-electron chi connectivity index (χ4n) is 4.14. The first-order valence-electron chi connectivity index (χ1n) is 10.4. The van der Waals surface area contributed by atoms with Crippen LogP contribution in [0, 0.1) is 0 Å². The summed E-state index contributed by atoms with van der Waals surface area (Å²) in [6.45, 7) is 2.52.